The van der Waals surface area contributed by atoms with Gasteiger partial charge in [0.15, 0.2) is 11.6 Å². The monoisotopic (exact) mass is 274 g/mol. The lowest BCUT2D eigenvalue weighted by atomic mass is 10.2. The second-order valence-electron chi connectivity index (χ2n) is 3.94. The summed E-state index contributed by atoms with van der Waals surface area (Å²) in [5.74, 6) is 2.28. The Morgan fingerprint density at radius 3 is 2.55 bits per heavy atom. The Kier molecular flexibility index (Phi) is 4.60. The molecule has 3 N–H and O–H groups in total. The molecule has 6 heteroatoms. The Bertz CT molecular complexity index is 575. The van der Waals surface area contributed by atoms with Gasteiger partial charge >= 0.3 is 0 Å². The van der Waals surface area contributed by atoms with E-state index < -0.39 is 0 Å². The molecule has 1 aromatic carbocycles. The molecule has 0 amide bonds. The number of hydrogen-bond donors (Lipinski definition) is 2. The molecule has 0 saturated heterocycles. The van der Waals surface area contributed by atoms with Gasteiger partial charge in [0.2, 0.25) is 0 Å². The molecule has 1 heterocycles. The molecule has 0 radical (unpaired) electrons. The molecule has 0 saturated carbocycles. The Morgan fingerprint density at radius 1 is 1.10 bits per heavy atom. The first-order valence-electron chi connectivity index (χ1n) is 6.47. The zero-order chi connectivity index (χ0) is 14.4. The maximum absolute atomic E-state index is 5.78. The minimum Gasteiger partial charge on any atom is -0.494 e. The number of hydrogen-bond acceptors (Lipinski definition) is 6. The summed E-state index contributed by atoms with van der Waals surface area (Å²) >= 11 is 0. The van der Waals surface area contributed by atoms with Crippen molar-refractivity contribution in [3.05, 3.63) is 30.6 Å². The van der Waals surface area contributed by atoms with E-state index in [1.54, 1.807) is 12.4 Å². The number of nitrogens with two attached hydrogens (primary N) is 1. The molecule has 0 unspecified atom stereocenters. The van der Waals surface area contributed by atoms with E-state index in [-0.39, 0.29) is 0 Å². The van der Waals surface area contributed by atoms with E-state index in [1.165, 1.54) is 0 Å². The molecular weight excluding hydrogens is 256 g/mol. The number of anilines is 3. The zero-order valence-electron chi connectivity index (χ0n) is 11.6. The van der Waals surface area contributed by atoms with E-state index in [1.807, 2.05) is 32.0 Å². The third kappa shape index (κ3) is 3.28. The van der Waals surface area contributed by atoms with Crippen molar-refractivity contribution in [1.29, 1.82) is 0 Å². The lowest BCUT2D eigenvalue weighted by Gasteiger charge is -2.14. The zero-order valence-corrected chi connectivity index (χ0v) is 11.6. The molecule has 0 bridgehead atoms. The van der Waals surface area contributed by atoms with Gasteiger partial charge in [-0.1, -0.05) is 0 Å². The Morgan fingerprint density at radius 2 is 1.85 bits per heavy atom. The van der Waals surface area contributed by atoms with Crippen molar-refractivity contribution in [2.75, 3.05) is 24.3 Å². The second kappa shape index (κ2) is 6.60. The highest BCUT2D eigenvalue weighted by Gasteiger charge is 2.09. The average molecular weight is 274 g/mol. The van der Waals surface area contributed by atoms with Crippen LogP contribution in [0.4, 0.5) is 17.3 Å². The van der Waals surface area contributed by atoms with Crippen LogP contribution in [0, 0.1) is 0 Å². The fraction of sp³-hybridized carbons (Fsp3) is 0.286. The predicted octanol–water partition coefficient (Wildman–Crippen LogP) is 2.60. The lowest BCUT2D eigenvalue weighted by Crippen LogP contribution is -2.03. The summed E-state index contributed by atoms with van der Waals surface area (Å²) in [6, 6.07) is 5.56. The van der Waals surface area contributed by atoms with Crippen molar-refractivity contribution < 1.29 is 9.47 Å². The summed E-state index contributed by atoms with van der Waals surface area (Å²) < 4.78 is 11.1. The maximum Gasteiger partial charge on any atom is 0.173 e. The van der Waals surface area contributed by atoms with Crippen LogP contribution in [0.2, 0.25) is 0 Å². The minimum atomic E-state index is 0.330. The van der Waals surface area contributed by atoms with Gasteiger partial charge in [-0.2, -0.15) is 0 Å². The molecule has 2 aromatic rings. The van der Waals surface area contributed by atoms with Crippen molar-refractivity contribution in [1.82, 2.24) is 9.97 Å². The van der Waals surface area contributed by atoms with Gasteiger partial charge in [0.25, 0.3) is 0 Å². The molecule has 0 fully saturated rings. The first kappa shape index (κ1) is 13.9. The van der Waals surface area contributed by atoms with Crippen LogP contribution in [-0.2, 0) is 0 Å². The smallest absolute Gasteiger partial charge is 0.173 e. The van der Waals surface area contributed by atoms with E-state index in [4.69, 9.17) is 15.2 Å². The van der Waals surface area contributed by atoms with Gasteiger partial charge in [-0.25, -0.2) is 9.97 Å². The molecule has 6 nitrogen and oxygen atoms in total. The first-order valence-corrected chi connectivity index (χ1v) is 6.47. The van der Waals surface area contributed by atoms with E-state index in [0.717, 1.165) is 11.4 Å². The number of ether oxygens (including phenoxy) is 2. The van der Waals surface area contributed by atoms with Crippen molar-refractivity contribution in [2.24, 2.45) is 0 Å². The van der Waals surface area contributed by atoms with E-state index in [2.05, 4.69) is 15.3 Å². The van der Waals surface area contributed by atoms with E-state index >= 15 is 0 Å². The van der Waals surface area contributed by atoms with Crippen LogP contribution in [0.25, 0.3) is 0 Å². The largest absolute Gasteiger partial charge is 0.494 e. The number of rotatable bonds is 6. The van der Waals surface area contributed by atoms with Crippen LogP contribution in [0.1, 0.15) is 13.8 Å². The number of aromatic nitrogens is 2. The summed E-state index contributed by atoms with van der Waals surface area (Å²) in [4.78, 5) is 8.15. The first-order chi connectivity index (χ1) is 9.74. The van der Waals surface area contributed by atoms with Gasteiger partial charge in [-0.05, 0) is 26.0 Å². The molecule has 20 heavy (non-hydrogen) atoms. The summed E-state index contributed by atoms with van der Waals surface area (Å²) in [7, 11) is 0. The number of benzene rings is 1. The highest BCUT2D eigenvalue weighted by atomic mass is 16.5. The van der Waals surface area contributed by atoms with Crippen molar-refractivity contribution >= 4 is 17.3 Å². The summed E-state index contributed by atoms with van der Waals surface area (Å²) in [6.07, 6.45) is 3.12. The van der Waals surface area contributed by atoms with E-state index in [9.17, 15) is 0 Å². The molecule has 0 aliphatic carbocycles. The van der Waals surface area contributed by atoms with Crippen molar-refractivity contribution in [3.8, 4) is 11.5 Å². The van der Waals surface area contributed by atoms with Gasteiger partial charge in [-0.15, -0.1) is 0 Å². The minimum absolute atomic E-state index is 0.330. The normalized spacial score (nSPS) is 10.1. The fourth-order valence-corrected chi connectivity index (χ4v) is 1.72. The third-order valence-electron chi connectivity index (χ3n) is 2.54. The SMILES string of the molecule is CCOc1ccc(OCC)c(Nc2nccnc2N)c1. The average Bonchev–Trinajstić information content (AvgIpc) is 2.45. The maximum atomic E-state index is 5.78. The molecule has 106 valence electrons. The summed E-state index contributed by atoms with van der Waals surface area (Å²) in [5, 5.41) is 3.12. The number of nitrogens with one attached hydrogen (secondary N) is 1. The van der Waals surface area contributed by atoms with Crippen LogP contribution >= 0.6 is 0 Å². The van der Waals surface area contributed by atoms with Gasteiger partial charge in [0, 0.05) is 18.5 Å². The molecule has 0 aliphatic heterocycles. The van der Waals surface area contributed by atoms with Crippen LogP contribution in [-0.4, -0.2) is 23.2 Å². The van der Waals surface area contributed by atoms with Gasteiger partial charge in [-0.3, -0.25) is 0 Å². The van der Waals surface area contributed by atoms with Crippen LogP contribution in [0.3, 0.4) is 0 Å². The molecule has 0 aliphatic rings. The standard InChI is InChI=1S/C14H18N4O2/c1-3-19-10-5-6-12(20-4-2)11(9-10)18-14-13(15)16-7-8-17-14/h5-9H,3-4H2,1-2H3,(H2,15,16)(H,17,18). The quantitative estimate of drug-likeness (QED) is 0.842. The summed E-state index contributed by atoms with van der Waals surface area (Å²) in [5.41, 5.74) is 6.52. The highest BCUT2D eigenvalue weighted by molar-refractivity contribution is 5.71. The Labute approximate surface area is 118 Å². The van der Waals surface area contributed by atoms with Crippen molar-refractivity contribution in [3.63, 3.8) is 0 Å². The van der Waals surface area contributed by atoms with Gasteiger partial charge in [0.1, 0.15) is 11.5 Å². The topological polar surface area (TPSA) is 82.3 Å². The Balaban J connectivity index is 2.32. The fourth-order valence-electron chi connectivity index (χ4n) is 1.72. The highest BCUT2D eigenvalue weighted by Crippen LogP contribution is 2.32. The molecular formula is C14H18N4O2. The van der Waals surface area contributed by atoms with Crippen molar-refractivity contribution in [2.45, 2.75) is 13.8 Å². The Hall–Kier alpha value is -2.50. The van der Waals surface area contributed by atoms with E-state index in [0.29, 0.717) is 30.6 Å². The second-order valence-corrected chi connectivity index (χ2v) is 3.94. The van der Waals surface area contributed by atoms with Crippen LogP contribution < -0.4 is 20.5 Å². The third-order valence-corrected chi connectivity index (χ3v) is 2.54. The predicted molar refractivity (Wildman–Crippen MR) is 78.5 cm³/mol. The molecule has 0 atom stereocenters. The number of nitrogen functional groups attached to an aromatic ring is 1. The van der Waals surface area contributed by atoms with Crippen LogP contribution in [0.15, 0.2) is 30.6 Å². The molecule has 1 aromatic heterocycles. The lowest BCUT2D eigenvalue weighted by molar-refractivity contribution is 0.332. The number of nitrogens with zero attached hydrogens (tertiary/aromatic N) is 2. The molecule has 0 spiro atoms. The van der Waals surface area contributed by atoms with Gasteiger partial charge in [0.05, 0.1) is 18.9 Å². The molecule has 2 rings (SSSR count). The van der Waals surface area contributed by atoms with Crippen LogP contribution in [0.5, 0.6) is 11.5 Å². The summed E-state index contributed by atoms with van der Waals surface area (Å²) in [6.45, 7) is 5.03. The van der Waals surface area contributed by atoms with Gasteiger partial charge < -0.3 is 20.5 Å².